The third-order valence-corrected chi connectivity index (χ3v) is 1.79. The Morgan fingerprint density at radius 1 is 1.44 bits per heavy atom. The Labute approximate surface area is 91.2 Å². The molecule has 1 unspecified atom stereocenters. The summed E-state index contributed by atoms with van der Waals surface area (Å²) in [5.41, 5.74) is 5.20. The molecule has 0 saturated heterocycles. The third kappa shape index (κ3) is 3.21. The lowest BCUT2D eigenvalue weighted by atomic mass is 10.3. The van der Waals surface area contributed by atoms with Crippen molar-refractivity contribution in [3.8, 4) is 0 Å². The molecule has 1 amide bonds. The lowest BCUT2D eigenvalue weighted by Gasteiger charge is -2.09. The van der Waals surface area contributed by atoms with Gasteiger partial charge in [0.25, 0.3) is 11.6 Å². The fourth-order valence-corrected chi connectivity index (χ4v) is 0.905. The molecular weight excluding hydrogens is 214 g/mol. The van der Waals surface area contributed by atoms with Gasteiger partial charge < -0.3 is 5.11 Å². The molecule has 0 heterocycles. The summed E-state index contributed by atoms with van der Waals surface area (Å²) in [5, 5.41) is 19.2. The number of amides is 1. The number of carbonyl (C=O) groups is 1. The number of aliphatic hydroxyl groups excluding tert-OH is 1. The number of nitro benzene ring substituents is 1. The van der Waals surface area contributed by atoms with E-state index < -0.39 is 16.9 Å². The number of anilines is 1. The molecule has 1 atom stereocenters. The van der Waals surface area contributed by atoms with Gasteiger partial charge in [-0.3, -0.25) is 25.8 Å². The molecular formula is C9H11N3O4. The first kappa shape index (κ1) is 11.9. The summed E-state index contributed by atoms with van der Waals surface area (Å²) in [6.45, 7) is 1.33. The van der Waals surface area contributed by atoms with E-state index in [9.17, 15) is 14.9 Å². The molecule has 0 fully saturated rings. The predicted octanol–water partition coefficient (Wildman–Crippen LogP) is 0.419. The Bertz CT molecular complexity index is 388. The molecule has 7 heteroatoms. The van der Waals surface area contributed by atoms with E-state index in [4.69, 9.17) is 5.11 Å². The number of aliphatic hydroxyl groups is 1. The van der Waals surface area contributed by atoms with E-state index in [2.05, 4.69) is 10.9 Å². The summed E-state index contributed by atoms with van der Waals surface area (Å²) < 4.78 is 0. The second kappa shape index (κ2) is 5.08. The molecule has 1 rings (SSSR count). The molecule has 0 aromatic heterocycles. The van der Waals surface area contributed by atoms with Gasteiger partial charge in [0.2, 0.25) is 0 Å². The smallest absolute Gasteiger partial charge is 0.269 e. The summed E-state index contributed by atoms with van der Waals surface area (Å²) in [7, 11) is 0. The van der Waals surface area contributed by atoms with Crippen LogP contribution in [0, 0.1) is 10.1 Å². The maximum atomic E-state index is 11.0. The first-order valence-electron chi connectivity index (χ1n) is 4.49. The molecule has 0 spiro atoms. The van der Waals surface area contributed by atoms with Crippen LogP contribution in [0.1, 0.15) is 6.92 Å². The largest absolute Gasteiger partial charge is 0.383 e. The van der Waals surface area contributed by atoms with Crippen molar-refractivity contribution in [3.05, 3.63) is 34.4 Å². The number of non-ortho nitro benzene ring substituents is 1. The number of hydrogen-bond acceptors (Lipinski definition) is 5. The van der Waals surface area contributed by atoms with Crippen LogP contribution >= 0.6 is 0 Å². The number of rotatable bonds is 4. The van der Waals surface area contributed by atoms with E-state index in [1.807, 2.05) is 0 Å². The van der Waals surface area contributed by atoms with Crippen molar-refractivity contribution in [3.63, 3.8) is 0 Å². The van der Waals surface area contributed by atoms with Gasteiger partial charge in [-0.2, -0.15) is 0 Å². The molecule has 0 bridgehead atoms. The normalized spacial score (nSPS) is 11.6. The van der Waals surface area contributed by atoms with E-state index in [0.717, 1.165) is 0 Å². The molecule has 1 aromatic rings. The number of hydrazine groups is 1. The molecule has 0 aliphatic carbocycles. The van der Waals surface area contributed by atoms with Gasteiger partial charge in [-0.05, 0) is 19.1 Å². The monoisotopic (exact) mass is 225 g/mol. The predicted molar refractivity (Wildman–Crippen MR) is 56.5 cm³/mol. The van der Waals surface area contributed by atoms with Gasteiger partial charge >= 0.3 is 0 Å². The van der Waals surface area contributed by atoms with Gasteiger partial charge in [0.15, 0.2) is 0 Å². The Morgan fingerprint density at radius 2 is 2.00 bits per heavy atom. The first-order valence-corrected chi connectivity index (χ1v) is 4.49. The SMILES string of the molecule is CC(O)C(=O)NNc1ccc([N+](=O)[O-])cc1. The van der Waals surface area contributed by atoms with E-state index in [-0.39, 0.29) is 5.69 Å². The summed E-state index contributed by atoms with van der Waals surface area (Å²) >= 11 is 0. The minimum absolute atomic E-state index is 0.0348. The van der Waals surface area contributed by atoms with Crippen molar-refractivity contribution in [1.29, 1.82) is 0 Å². The minimum Gasteiger partial charge on any atom is -0.383 e. The molecule has 0 saturated carbocycles. The number of nitrogens with zero attached hydrogens (tertiary/aromatic N) is 1. The van der Waals surface area contributed by atoms with Crippen molar-refractivity contribution in [2.45, 2.75) is 13.0 Å². The van der Waals surface area contributed by atoms with Crippen molar-refractivity contribution < 1.29 is 14.8 Å². The topological polar surface area (TPSA) is 104 Å². The van der Waals surface area contributed by atoms with Gasteiger partial charge in [0.1, 0.15) is 6.10 Å². The number of nitro groups is 1. The van der Waals surface area contributed by atoms with Crippen LogP contribution in [0.5, 0.6) is 0 Å². The number of hydrogen-bond donors (Lipinski definition) is 3. The minimum atomic E-state index is -1.12. The van der Waals surface area contributed by atoms with Gasteiger partial charge in [-0.1, -0.05) is 0 Å². The number of benzene rings is 1. The summed E-state index contributed by atoms with van der Waals surface area (Å²) in [6, 6.07) is 5.49. The van der Waals surface area contributed by atoms with E-state index in [1.54, 1.807) is 0 Å². The van der Waals surface area contributed by atoms with E-state index >= 15 is 0 Å². The van der Waals surface area contributed by atoms with E-state index in [0.29, 0.717) is 5.69 Å². The molecule has 86 valence electrons. The lowest BCUT2D eigenvalue weighted by molar-refractivity contribution is -0.384. The number of carbonyl (C=O) groups excluding carboxylic acids is 1. The highest BCUT2D eigenvalue weighted by atomic mass is 16.6. The van der Waals surface area contributed by atoms with Crippen molar-refractivity contribution in [2.75, 3.05) is 5.43 Å². The molecule has 0 radical (unpaired) electrons. The van der Waals surface area contributed by atoms with Gasteiger partial charge in [0, 0.05) is 12.1 Å². The van der Waals surface area contributed by atoms with Crippen LogP contribution in [0.15, 0.2) is 24.3 Å². The number of nitrogens with one attached hydrogen (secondary N) is 2. The second-order valence-corrected chi connectivity index (χ2v) is 3.09. The maximum Gasteiger partial charge on any atom is 0.269 e. The summed E-state index contributed by atoms with van der Waals surface area (Å²) in [4.78, 5) is 20.8. The van der Waals surface area contributed by atoms with Crippen molar-refractivity contribution in [1.82, 2.24) is 5.43 Å². The van der Waals surface area contributed by atoms with Crippen LogP contribution in [0.4, 0.5) is 11.4 Å². The Kier molecular flexibility index (Phi) is 3.78. The third-order valence-electron chi connectivity index (χ3n) is 1.79. The molecule has 7 nitrogen and oxygen atoms in total. The Balaban J connectivity index is 2.56. The first-order chi connectivity index (χ1) is 7.50. The van der Waals surface area contributed by atoms with Gasteiger partial charge in [-0.25, -0.2) is 0 Å². The highest BCUT2D eigenvalue weighted by Crippen LogP contribution is 2.14. The van der Waals surface area contributed by atoms with Gasteiger partial charge in [-0.15, -0.1) is 0 Å². The average Bonchev–Trinajstić information content (AvgIpc) is 2.26. The molecule has 0 aliphatic rings. The highest BCUT2D eigenvalue weighted by molar-refractivity contribution is 5.81. The van der Waals surface area contributed by atoms with Crippen molar-refractivity contribution >= 4 is 17.3 Å². The van der Waals surface area contributed by atoms with Crippen molar-refractivity contribution in [2.24, 2.45) is 0 Å². The molecule has 16 heavy (non-hydrogen) atoms. The maximum absolute atomic E-state index is 11.0. The van der Waals surface area contributed by atoms with Crippen LogP contribution in [-0.2, 0) is 4.79 Å². The van der Waals surface area contributed by atoms with Crippen LogP contribution in [0.25, 0.3) is 0 Å². The van der Waals surface area contributed by atoms with Crippen LogP contribution < -0.4 is 10.9 Å². The average molecular weight is 225 g/mol. The van der Waals surface area contributed by atoms with Crippen LogP contribution in [0.2, 0.25) is 0 Å². The Morgan fingerprint density at radius 3 is 2.44 bits per heavy atom. The second-order valence-electron chi connectivity index (χ2n) is 3.09. The standard InChI is InChI=1S/C9H11N3O4/c1-6(13)9(14)11-10-7-2-4-8(5-3-7)12(15)16/h2-6,10,13H,1H3,(H,11,14). The molecule has 3 N–H and O–H groups in total. The molecule has 1 aromatic carbocycles. The van der Waals surface area contributed by atoms with Gasteiger partial charge in [0.05, 0.1) is 10.6 Å². The zero-order valence-electron chi connectivity index (χ0n) is 8.51. The fourth-order valence-electron chi connectivity index (χ4n) is 0.905. The molecule has 0 aliphatic heterocycles. The quantitative estimate of drug-likeness (QED) is 0.508. The highest BCUT2D eigenvalue weighted by Gasteiger charge is 2.08. The lowest BCUT2D eigenvalue weighted by Crippen LogP contribution is -2.36. The van der Waals surface area contributed by atoms with Crippen LogP contribution in [0.3, 0.4) is 0 Å². The zero-order valence-corrected chi connectivity index (χ0v) is 8.51. The summed E-state index contributed by atoms with van der Waals surface area (Å²) in [5.74, 6) is -0.585. The Hall–Kier alpha value is -2.15. The fraction of sp³-hybridized carbons (Fsp3) is 0.222. The van der Waals surface area contributed by atoms with Crippen LogP contribution in [-0.4, -0.2) is 22.0 Å². The zero-order chi connectivity index (χ0) is 12.1. The van der Waals surface area contributed by atoms with E-state index in [1.165, 1.54) is 31.2 Å². The summed E-state index contributed by atoms with van der Waals surface area (Å²) in [6.07, 6.45) is -1.12.